The molecule has 2 atom stereocenters. The molecule has 0 spiro atoms. The van der Waals surface area contributed by atoms with Gasteiger partial charge in [-0.2, -0.15) is 0 Å². The van der Waals surface area contributed by atoms with Crippen LogP contribution in [0.1, 0.15) is 42.5 Å². The molecule has 4 rings (SSSR count). The number of rotatable bonds is 13. The van der Waals surface area contributed by atoms with Gasteiger partial charge in [0, 0.05) is 29.1 Å². The van der Waals surface area contributed by atoms with Crippen LogP contribution in [0, 0.1) is 13.8 Å². The molecule has 1 N–H and O–H groups in total. The predicted molar refractivity (Wildman–Crippen MR) is 186 cm³/mol. The summed E-state index contributed by atoms with van der Waals surface area (Å²) in [5.41, 5.74) is 3.38. The van der Waals surface area contributed by atoms with E-state index in [1.807, 2.05) is 51.1 Å². The number of nitrogens with zero attached hydrogens (tertiary/aromatic N) is 2. The number of nitrogens with one attached hydrogen (secondary N) is 1. The number of sulfonamides is 1. The summed E-state index contributed by atoms with van der Waals surface area (Å²) in [6.07, 6.45) is 0.925. The van der Waals surface area contributed by atoms with Crippen molar-refractivity contribution in [2.75, 3.05) is 10.8 Å². The molecule has 4 aromatic carbocycles. The Hall–Kier alpha value is -3.85. The Kier molecular flexibility index (Phi) is 11.9. The van der Waals surface area contributed by atoms with Crippen molar-refractivity contribution in [3.63, 3.8) is 0 Å². The molecule has 242 valence electrons. The zero-order valence-electron chi connectivity index (χ0n) is 26.4. The van der Waals surface area contributed by atoms with Gasteiger partial charge < -0.3 is 10.2 Å². The minimum absolute atomic E-state index is 0.0323. The maximum absolute atomic E-state index is 14.6. The van der Waals surface area contributed by atoms with Crippen LogP contribution in [0.3, 0.4) is 0 Å². The Balaban J connectivity index is 1.83. The molecule has 0 radical (unpaired) electrons. The first kappa shape index (κ1) is 35.0. The first-order chi connectivity index (χ1) is 21.9. The molecule has 0 aliphatic carbocycles. The Morgan fingerprint density at radius 3 is 2.09 bits per heavy atom. The minimum atomic E-state index is -4.24. The lowest BCUT2D eigenvalue weighted by Crippen LogP contribution is -2.54. The van der Waals surface area contributed by atoms with E-state index in [0.29, 0.717) is 22.0 Å². The molecular weight excluding hydrogens is 641 g/mol. The molecule has 7 nitrogen and oxygen atoms in total. The zero-order chi connectivity index (χ0) is 33.4. The van der Waals surface area contributed by atoms with Gasteiger partial charge >= 0.3 is 0 Å². The van der Waals surface area contributed by atoms with Crippen LogP contribution in [0.25, 0.3) is 0 Å². The molecule has 2 amide bonds. The zero-order valence-corrected chi connectivity index (χ0v) is 28.7. The second kappa shape index (κ2) is 15.6. The third kappa shape index (κ3) is 8.90. The number of halogens is 2. The second-order valence-corrected chi connectivity index (χ2v) is 14.2. The van der Waals surface area contributed by atoms with Crippen molar-refractivity contribution in [1.29, 1.82) is 0 Å². The Labute approximate surface area is 282 Å². The van der Waals surface area contributed by atoms with Gasteiger partial charge in [0.1, 0.15) is 12.6 Å². The highest BCUT2D eigenvalue weighted by Crippen LogP contribution is 2.30. The van der Waals surface area contributed by atoms with Crippen molar-refractivity contribution in [2.45, 2.75) is 64.1 Å². The van der Waals surface area contributed by atoms with E-state index < -0.39 is 28.5 Å². The highest BCUT2D eigenvalue weighted by atomic mass is 35.5. The van der Waals surface area contributed by atoms with E-state index in [1.54, 1.807) is 55.5 Å². The highest BCUT2D eigenvalue weighted by molar-refractivity contribution is 7.92. The lowest BCUT2D eigenvalue weighted by molar-refractivity contribution is -0.140. The molecule has 4 aromatic rings. The average molecular weight is 681 g/mol. The van der Waals surface area contributed by atoms with E-state index in [4.69, 9.17) is 23.2 Å². The first-order valence-electron chi connectivity index (χ1n) is 15.1. The van der Waals surface area contributed by atoms with Crippen LogP contribution >= 0.6 is 23.2 Å². The maximum atomic E-state index is 14.6. The van der Waals surface area contributed by atoms with E-state index in [1.165, 1.54) is 23.1 Å². The normalized spacial score (nSPS) is 12.7. The average Bonchev–Trinajstić information content (AvgIpc) is 3.04. The largest absolute Gasteiger partial charge is 0.352 e. The fourth-order valence-corrected chi connectivity index (χ4v) is 6.75. The van der Waals surface area contributed by atoms with Gasteiger partial charge in [-0.1, -0.05) is 96.4 Å². The van der Waals surface area contributed by atoms with Gasteiger partial charge in [0.2, 0.25) is 11.8 Å². The van der Waals surface area contributed by atoms with E-state index in [0.717, 1.165) is 21.0 Å². The summed E-state index contributed by atoms with van der Waals surface area (Å²) in [6, 6.07) is 26.7. The molecule has 0 fully saturated rings. The number of hydrogen-bond donors (Lipinski definition) is 1. The van der Waals surface area contributed by atoms with Crippen LogP contribution < -0.4 is 9.62 Å². The van der Waals surface area contributed by atoms with Gasteiger partial charge in [-0.05, 0) is 80.3 Å². The fourth-order valence-electron chi connectivity index (χ4n) is 4.98. The lowest BCUT2D eigenvalue weighted by Gasteiger charge is -2.34. The summed E-state index contributed by atoms with van der Waals surface area (Å²) in [7, 11) is -4.24. The van der Waals surface area contributed by atoms with Gasteiger partial charge in [-0.25, -0.2) is 8.42 Å². The van der Waals surface area contributed by atoms with Crippen LogP contribution in [0.4, 0.5) is 5.69 Å². The third-order valence-electron chi connectivity index (χ3n) is 7.87. The highest BCUT2D eigenvalue weighted by Gasteiger charge is 2.35. The van der Waals surface area contributed by atoms with Crippen molar-refractivity contribution in [1.82, 2.24) is 10.2 Å². The minimum Gasteiger partial charge on any atom is -0.352 e. The summed E-state index contributed by atoms with van der Waals surface area (Å²) >= 11 is 12.5. The molecule has 0 aromatic heterocycles. The van der Waals surface area contributed by atoms with Crippen molar-refractivity contribution < 1.29 is 18.0 Å². The molecule has 0 bridgehead atoms. The third-order valence-corrected chi connectivity index (χ3v) is 10.1. The fraction of sp³-hybridized carbons (Fsp3) is 0.278. The standard InChI is InChI=1S/C36H39Cl2N3O4S/c1-5-27(4)39-36(43)34(21-28-9-7-6-8-10-28)40(23-29-14-17-30(37)18-15-29)35(42)24-41(33-22-31(38)16-13-26(33)3)46(44,45)32-19-11-25(2)12-20-32/h6-20,22,27,34H,5,21,23-24H2,1-4H3,(H,39,43)/t27-,34+/m1/s1. The van der Waals surface area contributed by atoms with Crippen LogP contribution in [0.5, 0.6) is 0 Å². The summed E-state index contributed by atoms with van der Waals surface area (Å²) in [5, 5.41) is 3.90. The van der Waals surface area contributed by atoms with Gasteiger partial charge in [0.15, 0.2) is 0 Å². The van der Waals surface area contributed by atoms with Gasteiger partial charge in [-0.3, -0.25) is 13.9 Å². The van der Waals surface area contributed by atoms with Crippen LogP contribution in [-0.2, 0) is 32.6 Å². The maximum Gasteiger partial charge on any atom is 0.264 e. The van der Waals surface area contributed by atoms with E-state index in [-0.39, 0.29) is 35.5 Å². The number of hydrogen-bond acceptors (Lipinski definition) is 4. The van der Waals surface area contributed by atoms with E-state index in [2.05, 4.69) is 5.32 Å². The number of benzene rings is 4. The molecule has 46 heavy (non-hydrogen) atoms. The predicted octanol–water partition coefficient (Wildman–Crippen LogP) is 7.36. The Morgan fingerprint density at radius 1 is 0.826 bits per heavy atom. The topological polar surface area (TPSA) is 86.8 Å². The molecule has 0 unspecified atom stereocenters. The Bertz CT molecular complexity index is 1750. The molecular formula is C36H39Cl2N3O4S. The number of amides is 2. The number of aryl methyl sites for hydroxylation is 2. The molecule has 10 heteroatoms. The molecule has 0 aliphatic rings. The number of anilines is 1. The van der Waals surface area contributed by atoms with Crippen molar-refractivity contribution in [3.8, 4) is 0 Å². The van der Waals surface area contributed by atoms with Crippen LogP contribution in [-0.4, -0.2) is 43.8 Å². The van der Waals surface area contributed by atoms with Crippen LogP contribution in [0.15, 0.2) is 102 Å². The molecule has 0 heterocycles. The molecule has 0 saturated carbocycles. The van der Waals surface area contributed by atoms with Crippen LogP contribution in [0.2, 0.25) is 10.0 Å². The Morgan fingerprint density at radius 2 is 1.46 bits per heavy atom. The first-order valence-corrected chi connectivity index (χ1v) is 17.3. The summed E-state index contributed by atoms with van der Waals surface area (Å²) in [4.78, 5) is 30.0. The van der Waals surface area contributed by atoms with E-state index in [9.17, 15) is 18.0 Å². The van der Waals surface area contributed by atoms with Gasteiger partial charge in [0.25, 0.3) is 10.0 Å². The van der Waals surface area contributed by atoms with Gasteiger partial charge in [-0.15, -0.1) is 0 Å². The van der Waals surface area contributed by atoms with Gasteiger partial charge in [0.05, 0.1) is 10.6 Å². The summed E-state index contributed by atoms with van der Waals surface area (Å²) < 4.78 is 29.6. The molecule has 0 aliphatic heterocycles. The quantitative estimate of drug-likeness (QED) is 0.160. The monoisotopic (exact) mass is 679 g/mol. The smallest absolute Gasteiger partial charge is 0.264 e. The summed E-state index contributed by atoms with van der Waals surface area (Å²) in [6.45, 7) is 6.98. The SMILES string of the molecule is CC[C@@H](C)NC(=O)[C@H](Cc1ccccc1)N(Cc1ccc(Cl)cc1)C(=O)CN(c1cc(Cl)ccc1C)S(=O)(=O)c1ccc(C)cc1. The van der Waals surface area contributed by atoms with E-state index >= 15 is 0 Å². The van der Waals surface area contributed by atoms with Crippen molar-refractivity contribution in [2.24, 2.45) is 0 Å². The number of carbonyl (C=O) groups excluding carboxylic acids is 2. The molecule has 0 saturated heterocycles. The lowest BCUT2D eigenvalue weighted by atomic mass is 10.0. The van der Waals surface area contributed by atoms with Crippen molar-refractivity contribution in [3.05, 3.63) is 129 Å². The summed E-state index contributed by atoms with van der Waals surface area (Å²) in [5.74, 6) is -0.877. The van der Waals surface area contributed by atoms with Crippen molar-refractivity contribution >= 4 is 50.7 Å². The second-order valence-electron chi connectivity index (χ2n) is 11.4. The number of carbonyl (C=O) groups is 2.